The number of rotatable bonds is 4. The highest BCUT2D eigenvalue weighted by Gasteiger charge is 2.01. The van der Waals surface area contributed by atoms with Crippen LogP contribution in [0.15, 0.2) is 30.9 Å². The van der Waals surface area contributed by atoms with Gasteiger partial charge in [0.05, 0.1) is 12.2 Å². The van der Waals surface area contributed by atoms with Crippen molar-refractivity contribution in [2.45, 2.75) is 13.3 Å². The van der Waals surface area contributed by atoms with E-state index in [1.54, 1.807) is 6.08 Å². The molecule has 1 aromatic rings. The zero-order valence-corrected chi connectivity index (χ0v) is 8.29. The van der Waals surface area contributed by atoms with E-state index in [0.29, 0.717) is 17.9 Å². The van der Waals surface area contributed by atoms with E-state index in [0.717, 1.165) is 12.0 Å². The maximum Gasteiger partial charge on any atom is 0.137 e. The SMILES string of the molecule is C=CCCOc1ccc(C)cc1C#N. The van der Waals surface area contributed by atoms with Gasteiger partial charge in [-0.3, -0.25) is 0 Å². The van der Waals surface area contributed by atoms with Crippen molar-refractivity contribution in [3.05, 3.63) is 42.0 Å². The van der Waals surface area contributed by atoms with Crippen molar-refractivity contribution in [1.29, 1.82) is 5.26 Å². The largest absolute Gasteiger partial charge is 0.492 e. The minimum absolute atomic E-state index is 0.571. The molecular weight excluding hydrogens is 174 g/mol. The molecule has 0 spiro atoms. The molecule has 0 aliphatic carbocycles. The minimum atomic E-state index is 0.571. The van der Waals surface area contributed by atoms with Crippen molar-refractivity contribution >= 4 is 0 Å². The van der Waals surface area contributed by atoms with Gasteiger partial charge >= 0.3 is 0 Å². The fraction of sp³-hybridized carbons (Fsp3) is 0.250. The van der Waals surface area contributed by atoms with Gasteiger partial charge in [-0.1, -0.05) is 12.1 Å². The van der Waals surface area contributed by atoms with E-state index in [9.17, 15) is 0 Å². The first-order valence-electron chi connectivity index (χ1n) is 4.52. The van der Waals surface area contributed by atoms with Crippen LogP contribution in [0, 0.1) is 18.3 Å². The quantitative estimate of drug-likeness (QED) is 0.536. The van der Waals surface area contributed by atoms with Crippen LogP contribution in [0.3, 0.4) is 0 Å². The second-order valence-corrected chi connectivity index (χ2v) is 3.04. The molecule has 14 heavy (non-hydrogen) atoms. The molecule has 0 radical (unpaired) electrons. The summed E-state index contributed by atoms with van der Waals surface area (Å²) in [6.07, 6.45) is 2.58. The smallest absolute Gasteiger partial charge is 0.137 e. The summed E-state index contributed by atoms with van der Waals surface area (Å²) in [5.41, 5.74) is 1.66. The molecule has 0 atom stereocenters. The van der Waals surface area contributed by atoms with Gasteiger partial charge in [0.1, 0.15) is 11.8 Å². The van der Waals surface area contributed by atoms with Gasteiger partial charge in [0.15, 0.2) is 0 Å². The summed E-state index contributed by atoms with van der Waals surface area (Å²) in [7, 11) is 0. The lowest BCUT2D eigenvalue weighted by atomic mass is 10.1. The first-order valence-corrected chi connectivity index (χ1v) is 4.52. The zero-order chi connectivity index (χ0) is 10.4. The average Bonchev–Trinajstić information content (AvgIpc) is 2.20. The van der Waals surface area contributed by atoms with E-state index < -0.39 is 0 Å². The van der Waals surface area contributed by atoms with Crippen molar-refractivity contribution in [3.8, 4) is 11.8 Å². The molecule has 0 heterocycles. The summed E-state index contributed by atoms with van der Waals surface area (Å²) in [6, 6.07) is 7.70. The molecule has 2 nitrogen and oxygen atoms in total. The highest BCUT2D eigenvalue weighted by molar-refractivity contribution is 5.45. The summed E-state index contributed by atoms with van der Waals surface area (Å²) in [5.74, 6) is 0.653. The van der Waals surface area contributed by atoms with Gasteiger partial charge in [0.2, 0.25) is 0 Å². The number of nitriles is 1. The third-order valence-corrected chi connectivity index (χ3v) is 1.84. The van der Waals surface area contributed by atoms with Crippen LogP contribution in [0.5, 0.6) is 5.75 Å². The Kier molecular flexibility index (Phi) is 3.75. The zero-order valence-electron chi connectivity index (χ0n) is 8.29. The average molecular weight is 187 g/mol. The predicted octanol–water partition coefficient (Wildman–Crippen LogP) is 2.82. The van der Waals surface area contributed by atoms with Gasteiger partial charge in [-0.05, 0) is 31.0 Å². The summed E-state index contributed by atoms with van der Waals surface area (Å²) in [4.78, 5) is 0. The molecule has 0 unspecified atom stereocenters. The Balaban J connectivity index is 2.76. The number of benzene rings is 1. The van der Waals surface area contributed by atoms with Crippen molar-refractivity contribution in [1.82, 2.24) is 0 Å². The van der Waals surface area contributed by atoms with Crippen LogP contribution in [-0.4, -0.2) is 6.61 Å². The van der Waals surface area contributed by atoms with Crippen LogP contribution < -0.4 is 4.74 Å². The molecule has 72 valence electrons. The fourth-order valence-electron chi connectivity index (χ4n) is 1.11. The molecule has 1 rings (SSSR count). The van der Waals surface area contributed by atoms with E-state index in [2.05, 4.69) is 12.6 Å². The lowest BCUT2D eigenvalue weighted by Crippen LogP contribution is -1.97. The van der Waals surface area contributed by atoms with Gasteiger partial charge in [-0.25, -0.2) is 0 Å². The summed E-state index contributed by atoms with van der Waals surface area (Å²) in [6.45, 7) is 6.13. The lowest BCUT2D eigenvalue weighted by Gasteiger charge is -2.06. The minimum Gasteiger partial charge on any atom is -0.492 e. The standard InChI is InChI=1S/C12H13NO/c1-3-4-7-14-12-6-5-10(2)8-11(12)9-13/h3,5-6,8H,1,4,7H2,2H3. The Morgan fingerprint density at radius 3 is 3.00 bits per heavy atom. The molecule has 0 saturated carbocycles. The Hall–Kier alpha value is -1.75. The predicted molar refractivity (Wildman–Crippen MR) is 56.2 cm³/mol. The molecule has 0 saturated heterocycles. The Morgan fingerprint density at radius 2 is 2.36 bits per heavy atom. The van der Waals surface area contributed by atoms with Crippen LogP contribution >= 0.6 is 0 Å². The number of hydrogen-bond donors (Lipinski definition) is 0. The molecule has 0 aliphatic heterocycles. The maximum absolute atomic E-state index is 8.85. The third-order valence-electron chi connectivity index (χ3n) is 1.84. The summed E-state index contributed by atoms with van der Waals surface area (Å²) < 4.78 is 5.43. The first-order chi connectivity index (χ1) is 6.77. The molecule has 0 amide bonds. The maximum atomic E-state index is 8.85. The molecule has 0 N–H and O–H groups in total. The highest BCUT2D eigenvalue weighted by atomic mass is 16.5. The molecule has 0 fully saturated rings. The molecule has 0 bridgehead atoms. The monoisotopic (exact) mass is 187 g/mol. The number of aryl methyl sites for hydroxylation is 1. The summed E-state index contributed by atoms with van der Waals surface area (Å²) >= 11 is 0. The van der Waals surface area contributed by atoms with Gasteiger partial charge in [-0.2, -0.15) is 5.26 Å². The van der Waals surface area contributed by atoms with E-state index in [1.807, 2.05) is 25.1 Å². The van der Waals surface area contributed by atoms with Crippen molar-refractivity contribution in [3.63, 3.8) is 0 Å². The van der Waals surface area contributed by atoms with E-state index in [1.165, 1.54) is 0 Å². The molecule has 2 heteroatoms. The number of hydrogen-bond acceptors (Lipinski definition) is 2. The normalized spacial score (nSPS) is 9.14. The van der Waals surface area contributed by atoms with Crippen LogP contribution in [0.25, 0.3) is 0 Å². The number of nitrogens with zero attached hydrogens (tertiary/aromatic N) is 1. The van der Waals surface area contributed by atoms with Gasteiger partial charge in [-0.15, -0.1) is 6.58 Å². The van der Waals surface area contributed by atoms with E-state index in [-0.39, 0.29) is 0 Å². The van der Waals surface area contributed by atoms with E-state index >= 15 is 0 Å². The van der Waals surface area contributed by atoms with Crippen molar-refractivity contribution < 1.29 is 4.74 Å². The van der Waals surface area contributed by atoms with Crippen LogP contribution in [0.2, 0.25) is 0 Å². The third kappa shape index (κ3) is 2.63. The Bertz CT molecular complexity index is 363. The Morgan fingerprint density at radius 1 is 1.57 bits per heavy atom. The van der Waals surface area contributed by atoms with Crippen LogP contribution in [-0.2, 0) is 0 Å². The molecule has 0 aliphatic rings. The number of ether oxygens (including phenoxy) is 1. The fourth-order valence-corrected chi connectivity index (χ4v) is 1.11. The van der Waals surface area contributed by atoms with Gasteiger partial charge < -0.3 is 4.74 Å². The van der Waals surface area contributed by atoms with Gasteiger partial charge in [0.25, 0.3) is 0 Å². The Labute approximate surface area is 84.4 Å². The van der Waals surface area contributed by atoms with Gasteiger partial charge in [0, 0.05) is 0 Å². The lowest BCUT2D eigenvalue weighted by molar-refractivity contribution is 0.324. The molecular formula is C12H13NO. The van der Waals surface area contributed by atoms with Crippen LogP contribution in [0.1, 0.15) is 17.5 Å². The first kappa shape index (κ1) is 10.3. The van der Waals surface area contributed by atoms with Crippen molar-refractivity contribution in [2.24, 2.45) is 0 Å². The second-order valence-electron chi connectivity index (χ2n) is 3.04. The molecule has 0 aromatic heterocycles. The highest BCUT2D eigenvalue weighted by Crippen LogP contribution is 2.18. The summed E-state index contributed by atoms with van der Waals surface area (Å²) in [5, 5.41) is 8.85. The second kappa shape index (κ2) is 5.08. The molecule has 1 aromatic carbocycles. The topological polar surface area (TPSA) is 33.0 Å². The van der Waals surface area contributed by atoms with Crippen molar-refractivity contribution in [2.75, 3.05) is 6.61 Å². The van der Waals surface area contributed by atoms with Crippen LogP contribution in [0.4, 0.5) is 0 Å². The van der Waals surface area contributed by atoms with E-state index in [4.69, 9.17) is 10.00 Å².